The van der Waals surface area contributed by atoms with Gasteiger partial charge in [-0.15, -0.1) is 0 Å². The van der Waals surface area contributed by atoms with Gasteiger partial charge in [0.05, 0.1) is 24.0 Å². The first-order chi connectivity index (χ1) is 10.7. The normalized spacial score (nSPS) is 11.0. The highest BCUT2D eigenvalue weighted by Crippen LogP contribution is 2.32. The van der Waals surface area contributed by atoms with Crippen LogP contribution in [0, 0.1) is 11.3 Å². The van der Waals surface area contributed by atoms with Crippen LogP contribution in [0.1, 0.15) is 16.1 Å². The number of rotatable bonds is 3. The van der Waals surface area contributed by atoms with Crippen molar-refractivity contribution in [2.45, 2.75) is 4.90 Å². The maximum Gasteiger partial charge on any atom is 0.357 e. The molecule has 0 radical (unpaired) electrons. The van der Waals surface area contributed by atoms with Crippen LogP contribution in [0.4, 0.5) is 5.69 Å². The molecule has 0 amide bonds. The van der Waals surface area contributed by atoms with Gasteiger partial charge in [0.2, 0.25) is 10.0 Å². The highest BCUT2D eigenvalue weighted by atomic mass is 79.9. The summed E-state index contributed by atoms with van der Waals surface area (Å²) in [6.45, 7) is 0. The molecule has 23 heavy (non-hydrogen) atoms. The molecule has 0 saturated carbocycles. The Morgan fingerprint density at radius 1 is 1.43 bits per heavy atom. The van der Waals surface area contributed by atoms with Crippen molar-refractivity contribution in [3.05, 3.63) is 40.1 Å². The number of sulfonamides is 1. The molecule has 0 fully saturated rings. The first-order valence-electron chi connectivity index (χ1n) is 6.03. The lowest BCUT2D eigenvalue weighted by Crippen LogP contribution is -2.18. The molecule has 0 aliphatic carbocycles. The number of para-hydroxylation sites is 1. The minimum atomic E-state index is -4.09. The van der Waals surface area contributed by atoms with Crippen molar-refractivity contribution in [3.8, 4) is 11.8 Å². The number of primary sulfonamides is 1. The summed E-state index contributed by atoms with van der Waals surface area (Å²) in [5.74, 6) is -0.819. The number of anilines is 1. The molecule has 0 aliphatic heterocycles. The van der Waals surface area contributed by atoms with Crippen molar-refractivity contribution in [1.82, 2.24) is 4.57 Å². The van der Waals surface area contributed by atoms with E-state index in [4.69, 9.17) is 16.1 Å². The number of nitriles is 1. The molecule has 0 spiro atoms. The number of benzene rings is 1. The Hall–Kier alpha value is -2.35. The second-order valence-corrected chi connectivity index (χ2v) is 6.79. The van der Waals surface area contributed by atoms with Gasteiger partial charge in [-0.2, -0.15) is 5.26 Å². The Labute approximate surface area is 140 Å². The molecule has 8 nitrogen and oxygen atoms in total. The number of hydrogen-bond donors (Lipinski definition) is 2. The number of nitrogens with two attached hydrogens (primary N) is 2. The molecule has 10 heteroatoms. The average molecular weight is 399 g/mol. The van der Waals surface area contributed by atoms with Gasteiger partial charge in [-0.25, -0.2) is 18.4 Å². The largest absolute Gasteiger partial charge is 0.464 e. The van der Waals surface area contributed by atoms with E-state index in [0.717, 1.165) is 7.11 Å². The summed E-state index contributed by atoms with van der Waals surface area (Å²) in [4.78, 5) is 11.8. The van der Waals surface area contributed by atoms with Crippen molar-refractivity contribution in [2.24, 2.45) is 5.14 Å². The lowest BCUT2D eigenvalue weighted by molar-refractivity contribution is 0.0593. The average Bonchev–Trinajstić information content (AvgIpc) is 2.81. The van der Waals surface area contributed by atoms with Crippen LogP contribution in [-0.4, -0.2) is 26.1 Å². The standard InChI is InChI=1S/C13H11BrN4O4S/c1-22-13(19)12-10(16)7(5-15)6-18(12)11-8(14)3-2-4-9(11)23(17,20)21/h2-4,6H,16H2,1H3,(H2,17,20,21). The van der Waals surface area contributed by atoms with Crippen molar-refractivity contribution >= 4 is 37.6 Å². The summed E-state index contributed by atoms with van der Waals surface area (Å²) in [5, 5.41) is 14.3. The molecule has 120 valence electrons. The van der Waals surface area contributed by atoms with Crippen molar-refractivity contribution in [1.29, 1.82) is 5.26 Å². The van der Waals surface area contributed by atoms with Gasteiger partial charge in [-0.3, -0.25) is 0 Å². The van der Waals surface area contributed by atoms with E-state index < -0.39 is 16.0 Å². The maximum absolute atomic E-state index is 12.0. The third-order valence-electron chi connectivity index (χ3n) is 3.04. The minimum Gasteiger partial charge on any atom is -0.464 e. The maximum atomic E-state index is 12.0. The summed E-state index contributed by atoms with van der Waals surface area (Å²) < 4.78 is 29.8. The van der Waals surface area contributed by atoms with E-state index in [-0.39, 0.29) is 27.5 Å². The second kappa shape index (κ2) is 6.04. The summed E-state index contributed by atoms with van der Waals surface area (Å²) in [5.41, 5.74) is 5.58. The lowest BCUT2D eigenvalue weighted by Gasteiger charge is -2.14. The third kappa shape index (κ3) is 2.94. The third-order valence-corrected chi connectivity index (χ3v) is 4.62. The quantitative estimate of drug-likeness (QED) is 0.741. The molecule has 2 aromatic rings. The number of carbonyl (C=O) groups is 1. The van der Waals surface area contributed by atoms with Gasteiger partial charge in [0.15, 0.2) is 5.69 Å². The molecule has 0 aliphatic rings. The Kier molecular flexibility index (Phi) is 4.46. The number of nitrogen functional groups attached to an aromatic ring is 1. The zero-order chi connectivity index (χ0) is 17.4. The highest BCUT2D eigenvalue weighted by molar-refractivity contribution is 9.10. The number of methoxy groups -OCH3 is 1. The number of nitrogens with zero attached hydrogens (tertiary/aromatic N) is 2. The van der Waals surface area contributed by atoms with Gasteiger partial charge >= 0.3 is 5.97 Å². The number of aromatic nitrogens is 1. The molecular weight excluding hydrogens is 388 g/mol. The molecule has 2 rings (SSSR count). The summed E-state index contributed by atoms with van der Waals surface area (Å²) in [6.07, 6.45) is 1.25. The number of ether oxygens (including phenoxy) is 1. The molecule has 1 aromatic heterocycles. The Morgan fingerprint density at radius 3 is 2.61 bits per heavy atom. The summed E-state index contributed by atoms with van der Waals surface area (Å²) in [7, 11) is -2.95. The number of hydrogen-bond acceptors (Lipinski definition) is 6. The Balaban J connectivity index is 2.95. The summed E-state index contributed by atoms with van der Waals surface area (Å²) in [6, 6.07) is 6.15. The van der Waals surface area contributed by atoms with E-state index in [1.807, 2.05) is 6.07 Å². The van der Waals surface area contributed by atoms with Gasteiger partial charge in [0.1, 0.15) is 11.0 Å². The lowest BCUT2D eigenvalue weighted by atomic mass is 10.2. The monoisotopic (exact) mass is 398 g/mol. The fourth-order valence-corrected chi connectivity index (χ4v) is 3.48. The van der Waals surface area contributed by atoms with E-state index in [1.165, 1.54) is 22.9 Å². The van der Waals surface area contributed by atoms with Gasteiger partial charge in [-0.05, 0) is 28.1 Å². The molecular formula is C13H11BrN4O4S. The van der Waals surface area contributed by atoms with E-state index in [0.29, 0.717) is 4.47 Å². The fraction of sp³-hybridized carbons (Fsp3) is 0.0769. The highest BCUT2D eigenvalue weighted by Gasteiger charge is 2.26. The van der Waals surface area contributed by atoms with Crippen LogP contribution in [0.25, 0.3) is 5.69 Å². The SMILES string of the molecule is COC(=O)c1c(N)c(C#N)cn1-c1c(Br)cccc1S(N)(=O)=O. The zero-order valence-corrected chi connectivity index (χ0v) is 14.2. The van der Waals surface area contributed by atoms with E-state index >= 15 is 0 Å². The van der Waals surface area contributed by atoms with Crippen molar-refractivity contribution in [3.63, 3.8) is 0 Å². The van der Waals surface area contributed by atoms with Gasteiger partial charge in [0, 0.05) is 10.7 Å². The van der Waals surface area contributed by atoms with Crippen LogP contribution in [0.3, 0.4) is 0 Å². The topological polar surface area (TPSA) is 141 Å². The first-order valence-corrected chi connectivity index (χ1v) is 8.37. The van der Waals surface area contributed by atoms with E-state index in [9.17, 15) is 13.2 Å². The van der Waals surface area contributed by atoms with Gasteiger partial charge in [0.25, 0.3) is 0 Å². The van der Waals surface area contributed by atoms with E-state index in [2.05, 4.69) is 20.7 Å². The van der Waals surface area contributed by atoms with Crippen LogP contribution in [0.15, 0.2) is 33.8 Å². The van der Waals surface area contributed by atoms with Crippen LogP contribution in [-0.2, 0) is 14.8 Å². The van der Waals surface area contributed by atoms with Gasteiger partial charge in [-0.1, -0.05) is 6.07 Å². The van der Waals surface area contributed by atoms with Crippen molar-refractivity contribution < 1.29 is 17.9 Å². The second-order valence-electron chi connectivity index (χ2n) is 4.41. The summed E-state index contributed by atoms with van der Waals surface area (Å²) >= 11 is 3.22. The van der Waals surface area contributed by atoms with Gasteiger partial charge < -0.3 is 15.0 Å². The zero-order valence-electron chi connectivity index (χ0n) is 11.8. The molecule has 0 saturated heterocycles. The van der Waals surface area contributed by atoms with Crippen LogP contribution < -0.4 is 10.9 Å². The van der Waals surface area contributed by atoms with E-state index in [1.54, 1.807) is 6.07 Å². The Bertz CT molecular complexity index is 944. The molecule has 1 aromatic carbocycles. The predicted octanol–water partition coefficient (Wildman–Crippen LogP) is 1.13. The molecule has 1 heterocycles. The minimum absolute atomic E-state index is 0.00141. The smallest absolute Gasteiger partial charge is 0.357 e. The number of esters is 1. The first kappa shape index (κ1) is 17.0. The molecule has 0 bridgehead atoms. The molecule has 0 unspecified atom stereocenters. The predicted molar refractivity (Wildman–Crippen MR) is 85.3 cm³/mol. The fourth-order valence-electron chi connectivity index (χ4n) is 2.05. The number of halogens is 1. The van der Waals surface area contributed by atoms with Crippen molar-refractivity contribution in [2.75, 3.05) is 12.8 Å². The van der Waals surface area contributed by atoms with Crippen LogP contribution in [0.5, 0.6) is 0 Å². The van der Waals surface area contributed by atoms with Crippen LogP contribution >= 0.6 is 15.9 Å². The Morgan fingerprint density at radius 2 is 2.09 bits per heavy atom. The molecule has 0 atom stereocenters. The molecule has 4 N–H and O–H groups in total. The van der Waals surface area contributed by atoms with Crippen LogP contribution in [0.2, 0.25) is 0 Å². The number of carbonyl (C=O) groups excluding carboxylic acids is 1.